The number of hydrogen-bond donors (Lipinski definition) is 3. The van der Waals surface area contributed by atoms with Crippen LogP contribution >= 0.6 is 0 Å². The number of nitrogen functional groups attached to an aromatic ring is 1. The number of amides is 1. The van der Waals surface area contributed by atoms with Gasteiger partial charge in [-0.15, -0.1) is 10.2 Å². The fraction of sp³-hybridized carbons (Fsp3) is 0.300. The number of para-hydroxylation sites is 1. The van der Waals surface area contributed by atoms with E-state index in [-0.39, 0.29) is 18.3 Å². The molecule has 0 saturated carbocycles. The van der Waals surface area contributed by atoms with Crippen molar-refractivity contribution in [2.24, 2.45) is 16.1 Å². The van der Waals surface area contributed by atoms with Crippen molar-refractivity contribution >= 4 is 28.9 Å². The summed E-state index contributed by atoms with van der Waals surface area (Å²) in [5.41, 5.74) is 6.88. The highest BCUT2D eigenvalue weighted by molar-refractivity contribution is 5.91. The molecule has 8 nitrogen and oxygen atoms in total. The lowest BCUT2D eigenvalue weighted by Crippen LogP contribution is -2.25. The van der Waals surface area contributed by atoms with Crippen molar-refractivity contribution in [2.75, 3.05) is 24.6 Å². The molecule has 4 N–H and O–H groups in total. The van der Waals surface area contributed by atoms with E-state index in [1.54, 1.807) is 25.2 Å². The number of rotatable bonds is 9. The molecule has 0 aliphatic rings. The SMILES string of the molecule is C=C(CC(C)C)Oc1ccccc1N=Nc1ccc(NC(=O)CNC)nc1N. The van der Waals surface area contributed by atoms with Gasteiger partial charge >= 0.3 is 0 Å². The number of hydrogen-bond acceptors (Lipinski definition) is 7. The van der Waals surface area contributed by atoms with E-state index in [4.69, 9.17) is 10.5 Å². The first-order chi connectivity index (χ1) is 13.4. The zero-order chi connectivity index (χ0) is 20.5. The number of carbonyl (C=O) groups excluding carboxylic acids is 1. The second-order valence-electron chi connectivity index (χ2n) is 6.59. The van der Waals surface area contributed by atoms with Crippen molar-refractivity contribution in [1.29, 1.82) is 0 Å². The van der Waals surface area contributed by atoms with E-state index in [0.717, 1.165) is 6.42 Å². The first-order valence-corrected chi connectivity index (χ1v) is 8.96. The monoisotopic (exact) mass is 382 g/mol. The summed E-state index contributed by atoms with van der Waals surface area (Å²) in [5, 5.41) is 13.8. The second-order valence-corrected chi connectivity index (χ2v) is 6.59. The number of nitrogens with two attached hydrogens (primary N) is 1. The van der Waals surface area contributed by atoms with Crippen LogP contribution in [0.2, 0.25) is 0 Å². The van der Waals surface area contributed by atoms with Crippen molar-refractivity contribution in [1.82, 2.24) is 10.3 Å². The Kier molecular flexibility index (Phi) is 7.65. The number of anilines is 2. The molecule has 1 amide bonds. The number of ether oxygens (including phenoxy) is 1. The first kappa shape index (κ1) is 21.0. The number of likely N-dealkylation sites (N-methyl/N-ethyl adjacent to an activating group) is 1. The Bertz CT molecular complexity index is 864. The average molecular weight is 382 g/mol. The van der Waals surface area contributed by atoms with Crippen LogP contribution in [0.25, 0.3) is 0 Å². The molecule has 0 bridgehead atoms. The summed E-state index contributed by atoms with van der Waals surface area (Å²) in [4.78, 5) is 15.7. The van der Waals surface area contributed by atoms with E-state index in [0.29, 0.717) is 34.6 Å². The summed E-state index contributed by atoms with van der Waals surface area (Å²) in [5.74, 6) is 1.98. The molecule has 28 heavy (non-hydrogen) atoms. The van der Waals surface area contributed by atoms with Gasteiger partial charge in [-0.05, 0) is 37.2 Å². The highest BCUT2D eigenvalue weighted by Crippen LogP contribution is 2.32. The summed E-state index contributed by atoms with van der Waals surface area (Å²) >= 11 is 0. The largest absolute Gasteiger partial charge is 0.460 e. The van der Waals surface area contributed by atoms with Crippen LogP contribution in [-0.2, 0) is 4.79 Å². The second kappa shape index (κ2) is 10.2. The summed E-state index contributed by atoms with van der Waals surface area (Å²) in [7, 11) is 1.69. The van der Waals surface area contributed by atoms with Crippen LogP contribution in [0.1, 0.15) is 20.3 Å². The molecule has 0 spiro atoms. The summed E-state index contributed by atoms with van der Waals surface area (Å²) < 4.78 is 5.81. The Morgan fingerprint density at radius 3 is 2.61 bits per heavy atom. The number of azo groups is 1. The molecule has 8 heteroatoms. The minimum Gasteiger partial charge on any atom is -0.460 e. The molecule has 0 aliphatic heterocycles. The molecule has 2 rings (SSSR count). The lowest BCUT2D eigenvalue weighted by molar-refractivity contribution is -0.115. The lowest BCUT2D eigenvalue weighted by Gasteiger charge is -2.12. The zero-order valence-corrected chi connectivity index (χ0v) is 16.4. The van der Waals surface area contributed by atoms with Crippen LogP contribution in [0.4, 0.5) is 23.0 Å². The molecule has 1 aromatic heterocycles. The first-order valence-electron chi connectivity index (χ1n) is 8.96. The smallest absolute Gasteiger partial charge is 0.239 e. The Morgan fingerprint density at radius 2 is 1.93 bits per heavy atom. The van der Waals surface area contributed by atoms with Crippen LogP contribution in [0.3, 0.4) is 0 Å². The van der Waals surface area contributed by atoms with Crippen LogP contribution in [0, 0.1) is 5.92 Å². The summed E-state index contributed by atoms with van der Waals surface area (Å²) in [6.45, 7) is 8.33. The van der Waals surface area contributed by atoms with E-state index >= 15 is 0 Å². The predicted octanol–water partition coefficient (Wildman–Crippen LogP) is 4.18. The maximum absolute atomic E-state index is 11.6. The number of carbonyl (C=O) groups is 1. The fourth-order valence-corrected chi connectivity index (χ4v) is 2.36. The molecular formula is C20H26N6O2. The molecule has 1 heterocycles. The molecule has 0 saturated heterocycles. The maximum Gasteiger partial charge on any atom is 0.239 e. The number of benzene rings is 1. The van der Waals surface area contributed by atoms with E-state index in [9.17, 15) is 4.79 Å². The molecule has 1 aromatic carbocycles. The third kappa shape index (κ3) is 6.48. The Hall–Kier alpha value is -3.26. The molecular weight excluding hydrogens is 356 g/mol. The average Bonchev–Trinajstić information content (AvgIpc) is 2.61. The van der Waals surface area contributed by atoms with E-state index < -0.39 is 0 Å². The molecule has 0 atom stereocenters. The minimum absolute atomic E-state index is 0.161. The summed E-state index contributed by atoms with van der Waals surface area (Å²) in [6.07, 6.45) is 0.753. The van der Waals surface area contributed by atoms with Gasteiger partial charge in [0.25, 0.3) is 0 Å². The van der Waals surface area contributed by atoms with Gasteiger partial charge in [-0.2, -0.15) is 0 Å². The van der Waals surface area contributed by atoms with Gasteiger partial charge in [0.2, 0.25) is 5.91 Å². The van der Waals surface area contributed by atoms with Gasteiger partial charge in [0.15, 0.2) is 11.6 Å². The molecule has 148 valence electrons. The van der Waals surface area contributed by atoms with Gasteiger partial charge in [-0.1, -0.05) is 32.6 Å². The van der Waals surface area contributed by atoms with Crippen LogP contribution in [0.15, 0.2) is 59.0 Å². The normalized spacial score (nSPS) is 11.0. The highest BCUT2D eigenvalue weighted by Gasteiger charge is 2.08. The van der Waals surface area contributed by atoms with E-state index in [1.165, 1.54) is 0 Å². The third-order valence-electron chi connectivity index (χ3n) is 3.53. The van der Waals surface area contributed by atoms with E-state index in [2.05, 4.69) is 46.3 Å². The number of nitrogens with zero attached hydrogens (tertiary/aromatic N) is 3. The highest BCUT2D eigenvalue weighted by atomic mass is 16.5. The zero-order valence-electron chi connectivity index (χ0n) is 16.4. The topological polar surface area (TPSA) is 114 Å². The quantitative estimate of drug-likeness (QED) is 0.445. The van der Waals surface area contributed by atoms with Gasteiger partial charge in [0, 0.05) is 6.42 Å². The number of aromatic nitrogens is 1. The van der Waals surface area contributed by atoms with Gasteiger partial charge in [0.1, 0.15) is 17.2 Å². The van der Waals surface area contributed by atoms with Gasteiger partial charge < -0.3 is 21.1 Å². The number of nitrogens with one attached hydrogen (secondary N) is 2. The number of pyridine rings is 1. The van der Waals surface area contributed by atoms with Gasteiger partial charge in [-0.25, -0.2) is 4.98 Å². The molecule has 0 fully saturated rings. The van der Waals surface area contributed by atoms with Crippen molar-refractivity contribution < 1.29 is 9.53 Å². The van der Waals surface area contributed by atoms with Crippen LogP contribution < -0.4 is 21.1 Å². The standard InChI is InChI=1S/C20H26N6O2/c1-13(2)11-14(3)28-17-8-6-5-7-15(17)25-26-16-9-10-18(24-20(16)21)23-19(27)12-22-4/h5-10,13,22H,3,11-12H2,1-2,4H3,(H3,21,23,24,27). The maximum atomic E-state index is 11.6. The minimum atomic E-state index is -0.212. The van der Waals surface area contributed by atoms with Crippen LogP contribution in [-0.4, -0.2) is 24.5 Å². The number of allylic oxidation sites excluding steroid dienone is 1. The van der Waals surface area contributed by atoms with E-state index in [1.807, 2.05) is 18.2 Å². The van der Waals surface area contributed by atoms with Crippen LogP contribution in [0.5, 0.6) is 5.75 Å². The third-order valence-corrected chi connectivity index (χ3v) is 3.53. The molecule has 0 unspecified atom stereocenters. The molecule has 0 radical (unpaired) electrons. The van der Waals surface area contributed by atoms with Crippen molar-refractivity contribution in [2.45, 2.75) is 20.3 Å². The predicted molar refractivity (Wildman–Crippen MR) is 111 cm³/mol. The summed E-state index contributed by atoms with van der Waals surface area (Å²) in [6, 6.07) is 10.6. The van der Waals surface area contributed by atoms with Crippen molar-refractivity contribution in [3.63, 3.8) is 0 Å². The van der Waals surface area contributed by atoms with Crippen molar-refractivity contribution in [3.05, 3.63) is 48.7 Å². The van der Waals surface area contributed by atoms with Gasteiger partial charge in [-0.3, -0.25) is 4.79 Å². The Labute approximate surface area is 164 Å². The fourth-order valence-electron chi connectivity index (χ4n) is 2.36. The van der Waals surface area contributed by atoms with Crippen molar-refractivity contribution in [3.8, 4) is 5.75 Å². The molecule has 0 aliphatic carbocycles. The lowest BCUT2D eigenvalue weighted by atomic mass is 10.1. The Balaban J connectivity index is 2.13. The van der Waals surface area contributed by atoms with Gasteiger partial charge in [0.05, 0.1) is 12.3 Å². The Morgan fingerprint density at radius 1 is 1.21 bits per heavy atom. The molecule has 2 aromatic rings.